The Labute approximate surface area is 279 Å². The average Bonchev–Trinajstić information content (AvgIpc) is 2.99. The fourth-order valence-corrected chi connectivity index (χ4v) is 6.13. The Kier molecular flexibility index (Phi) is 8.76. The van der Waals surface area contributed by atoms with Crippen LogP contribution in [0.1, 0.15) is 105 Å². The lowest BCUT2D eigenvalue weighted by atomic mass is 9.81. The van der Waals surface area contributed by atoms with Gasteiger partial charge >= 0.3 is 0 Å². The lowest BCUT2D eigenvalue weighted by molar-refractivity contribution is 0.590. The second-order valence-electron chi connectivity index (χ2n) is 17.3. The third-order valence-electron chi connectivity index (χ3n) is 9.40. The Balaban J connectivity index is 1.62. The molecular weight excluding hydrogens is 553 g/mol. The summed E-state index contributed by atoms with van der Waals surface area (Å²) in [6.45, 7) is 27.4. The van der Waals surface area contributed by atoms with E-state index in [2.05, 4.69) is 192 Å². The summed E-state index contributed by atoms with van der Waals surface area (Å²) in [5.74, 6) is 0. The molecule has 238 valence electrons. The standard InChI is InChI=1S/C46H54/c1-43(2,3)35-21-17-31(18-22-35)39-27-25-37(45(7,8)9)29-41(39)33-13-15-34(16-14-33)42-30-38(46(10,11)12)26-28-40(42)32-19-23-36(24-20-32)44(4,5)6/h13-30H,1-12H3. The zero-order valence-electron chi connectivity index (χ0n) is 30.4. The number of hydrogen-bond acceptors (Lipinski definition) is 0. The third-order valence-corrected chi connectivity index (χ3v) is 9.40. The molecule has 0 heterocycles. The third kappa shape index (κ3) is 7.23. The maximum atomic E-state index is 2.41. The SMILES string of the molecule is CC(C)(C)c1ccc(-c2ccc(C(C)(C)C)cc2-c2ccc(-c3cc(C(C)(C)C)ccc3-c3ccc(C(C)(C)C)cc3)cc2)cc1. The summed E-state index contributed by atoms with van der Waals surface area (Å²) in [4.78, 5) is 0. The van der Waals surface area contributed by atoms with Gasteiger partial charge in [-0.2, -0.15) is 0 Å². The minimum atomic E-state index is 0.0636. The van der Waals surface area contributed by atoms with Crippen LogP contribution in [0.3, 0.4) is 0 Å². The van der Waals surface area contributed by atoms with Crippen LogP contribution >= 0.6 is 0 Å². The van der Waals surface area contributed by atoms with E-state index in [1.807, 2.05) is 0 Å². The van der Waals surface area contributed by atoms with Crippen molar-refractivity contribution in [3.63, 3.8) is 0 Å². The molecule has 0 spiro atoms. The van der Waals surface area contributed by atoms with Crippen molar-refractivity contribution in [2.75, 3.05) is 0 Å². The Morgan fingerprint density at radius 3 is 0.717 bits per heavy atom. The van der Waals surface area contributed by atoms with E-state index in [1.165, 1.54) is 66.8 Å². The molecule has 0 aliphatic heterocycles. The fraction of sp³-hybridized carbons (Fsp3) is 0.348. The van der Waals surface area contributed by atoms with Gasteiger partial charge in [-0.25, -0.2) is 0 Å². The highest BCUT2D eigenvalue weighted by atomic mass is 14.2. The van der Waals surface area contributed by atoms with E-state index in [1.54, 1.807) is 0 Å². The zero-order valence-corrected chi connectivity index (χ0v) is 30.4. The van der Waals surface area contributed by atoms with E-state index >= 15 is 0 Å². The van der Waals surface area contributed by atoms with Gasteiger partial charge in [0.1, 0.15) is 0 Å². The van der Waals surface area contributed by atoms with Crippen LogP contribution in [-0.4, -0.2) is 0 Å². The molecular formula is C46H54. The molecule has 0 bridgehead atoms. The minimum Gasteiger partial charge on any atom is -0.0579 e. The van der Waals surface area contributed by atoms with Crippen molar-refractivity contribution in [3.05, 3.63) is 131 Å². The van der Waals surface area contributed by atoms with Crippen molar-refractivity contribution in [1.82, 2.24) is 0 Å². The monoisotopic (exact) mass is 606 g/mol. The van der Waals surface area contributed by atoms with Crippen molar-refractivity contribution in [2.24, 2.45) is 0 Å². The molecule has 5 aromatic rings. The van der Waals surface area contributed by atoms with Gasteiger partial charge in [0, 0.05) is 0 Å². The average molecular weight is 607 g/mol. The van der Waals surface area contributed by atoms with Crippen LogP contribution in [-0.2, 0) is 21.7 Å². The molecule has 0 unspecified atom stereocenters. The maximum absolute atomic E-state index is 2.41. The first-order valence-electron chi connectivity index (χ1n) is 16.9. The first kappa shape index (κ1) is 33.5. The van der Waals surface area contributed by atoms with Crippen molar-refractivity contribution >= 4 is 0 Å². The molecule has 0 radical (unpaired) electrons. The number of hydrogen-bond donors (Lipinski definition) is 0. The van der Waals surface area contributed by atoms with Crippen molar-refractivity contribution < 1.29 is 0 Å². The molecule has 5 rings (SSSR count). The highest BCUT2D eigenvalue weighted by molar-refractivity contribution is 5.88. The summed E-state index contributed by atoms with van der Waals surface area (Å²) in [5, 5.41) is 0. The second-order valence-corrected chi connectivity index (χ2v) is 17.3. The van der Waals surface area contributed by atoms with Crippen LogP contribution < -0.4 is 0 Å². The van der Waals surface area contributed by atoms with Gasteiger partial charge < -0.3 is 0 Å². The van der Waals surface area contributed by atoms with E-state index in [9.17, 15) is 0 Å². The molecule has 0 aromatic heterocycles. The highest BCUT2D eigenvalue weighted by Crippen LogP contribution is 2.40. The van der Waals surface area contributed by atoms with Crippen molar-refractivity contribution in [2.45, 2.75) is 105 Å². The van der Waals surface area contributed by atoms with Gasteiger partial charge in [0.2, 0.25) is 0 Å². The topological polar surface area (TPSA) is 0 Å². The molecule has 0 nitrogen and oxygen atoms in total. The molecule has 0 amide bonds. The van der Waals surface area contributed by atoms with Gasteiger partial charge in [-0.3, -0.25) is 0 Å². The van der Waals surface area contributed by atoms with Crippen molar-refractivity contribution in [3.8, 4) is 44.5 Å². The maximum Gasteiger partial charge on any atom is -0.0102 e. The molecule has 0 saturated heterocycles. The lowest BCUT2D eigenvalue weighted by Gasteiger charge is -2.23. The minimum absolute atomic E-state index is 0.0636. The molecule has 0 atom stereocenters. The normalized spacial score (nSPS) is 12.8. The van der Waals surface area contributed by atoms with Gasteiger partial charge in [0.05, 0.1) is 0 Å². The Bertz CT molecular complexity index is 1660. The van der Waals surface area contributed by atoms with Crippen LogP contribution in [0.2, 0.25) is 0 Å². The van der Waals surface area contributed by atoms with E-state index in [4.69, 9.17) is 0 Å². The van der Waals surface area contributed by atoms with E-state index in [0.29, 0.717) is 0 Å². The zero-order chi connectivity index (χ0) is 33.7. The van der Waals surface area contributed by atoms with Gasteiger partial charge in [0.15, 0.2) is 0 Å². The fourth-order valence-electron chi connectivity index (χ4n) is 6.13. The molecule has 46 heavy (non-hydrogen) atoms. The molecule has 0 saturated carbocycles. The summed E-state index contributed by atoms with van der Waals surface area (Å²) < 4.78 is 0. The summed E-state index contributed by atoms with van der Waals surface area (Å²) in [5.41, 5.74) is 15.9. The Hall–Kier alpha value is -3.90. The summed E-state index contributed by atoms with van der Waals surface area (Å²) >= 11 is 0. The highest BCUT2D eigenvalue weighted by Gasteiger charge is 2.21. The first-order valence-corrected chi connectivity index (χ1v) is 16.9. The van der Waals surface area contributed by atoms with Crippen LogP contribution in [0.5, 0.6) is 0 Å². The van der Waals surface area contributed by atoms with Gasteiger partial charge in [0.25, 0.3) is 0 Å². The summed E-state index contributed by atoms with van der Waals surface area (Å²) in [7, 11) is 0. The van der Waals surface area contributed by atoms with E-state index < -0.39 is 0 Å². The molecule has 0 fully saturated rings. The predicted molar refractivity (Wildman–Crippen MR) is 203 cm³/mol. The van der Waals surface area contributed by atoms with Gasteiger partial charge in [-0.1, -0.05) is 192 Å². The van der Waals surface area contributed by atoms with Crippen LogP contribution in [0, 0.1) is 0 Å². The lowest BCUT2D eigenvalue weighted by Crippen LogP contribution is -2.11. The van der Waals surface area contributed by atoms with Gasteiger partial charge in [-0.15, -0.1) is 0 Å². The molecule has 5 aromatic carbocycles. The summed E-state index contributed by atoms with van der Waals surface area (Å²) in [6.07, 6.45) is 0. The van der Waals surface area contributed by atoms with E-state index in [-0.39, 0.29) is 21.7 Å². The van der Waals surface area contributed by atoms with Crippen LogP contribution in [0.15, 0.2) is 109 Å². The molecule has 0 N–H and O–H groups in total. The molecule has 0 aliphatic rings. The van der Waals surface area contributed by atoms with Crippen LogP contribution in [0.4, 0.5) is 0 Å². The Morgan fingerprint density at radius 2 is 0.457 bits per heavy atom. The second kappa shape index (κ2) is 12.0. The molecule has 0 heteroatoms. The molecule has 0 aliphatic carbocycles. The van der Waals surface area contributed by atoms with Crippen molar-refractivity contribution in [1.29, 1.82) is 0 Å². The number of rotatable bonds is 4. The number of benzene rings is 5. The van der Waals surface area contributed by atoms with Crippen LogP contribution in [0.25, 0.3) is 44.5 Å². The predicted octanol–water partition coefficient (Wildman–Crippen LogP) is 13.5. The quantitative estimate of drug-likeness (QED) is 0.191. The first-order chi connectivity index (χ1) is 21.3. The largest absolute Gasteiger partial charge is 0.0579 e. The Morgan fingerprint density at radius 1 is 0.239 bits per heavy atom. The van der Waals surface area contributed by atoms with E-state index in [0.717, 1.165) is 0 Å². The van der Waals surface area contributed by atoms with Gasteiger partial charge in [-0.05, 0) is 88.4 Å². The smallest absolute Gasteiger partial charge is 0.0102 e. The summed E-state index contributed by atoms with van der Waals surface area (Å²) in [6, 6.07) is 41.7.